The Morgan fingerprint density at radius 3 is 2.67 bits per heavy atom. The minimum absolute atomic E-state index is 0.0948. The molecule has 3 aromatic heterocycles. The number of likely N-dealkylation sites (tertiary alicyclic amines) is 1. The van der Waals surface area contributed by atoms with Crippen LogP contribution in [0.5, 0.6) is 0 Å². The largest absolute Gasteiger partial charge is 0.301 e. The molecular formula is C24H28N8O. The van der Waals surface area contributed by atoms with E-state index in [1.54, 1.807) is 17.1 Å². The number of piperidine rings is 1. The van der Waals surface area contributed by atoms with E-state index in [4.69, 9.17) is 0 Å². The summed E-state index contributed by atoms with van der Waals surface area (Å²) in [5, 5.41) is 13.6. The molecule has 5 rings (SSSR count). The highest BCUT2D eigenvalue weighted by atomic mass is 16.1. The van der Waals surface area contributed by atoms with Gasteiger partial charge < -0.3 is 4.90 Å². The first-order valence-corrected chi connectivity index (χ1v) is 11.4. The summed E-state index contributed by atoms with van der Waals surface area (Å²) in [6.45, 7) is 6.52. The number of fused-ring (bicyclic) bond motifs is 1. The molecule has 0 amide bonds. The first-order chi connectivity index (χ1) is 16.0. The molecule has 0 bridgehead atoms. The van der Waals surface area contributed by atoms with Crippen molar-refractivity contribution in [1.29, 1.82) is 0 Å². The summed E-state index contributed by atoms with van der Waals surface area (Å²) < 4.78 is 3.62. The van der Waals surface area contributed by atoms with Gasteiger partial charge in [0.05, 0.1) is 30.4 Å². The van der Waals surface area contributed by atoms with Crippen molar-refractivity contribution < 1.29 is 4.79 Å². The second-order valence-corrected chi connectivity index (χ2v) is 9.01. The van der Waals surface area contributed by atoms with Crippen LogP contribution in [0, 0.1) is 0 Å². The lowest BCUT2D eigenvalue weighted by molar-refractivity contribution is 0.0986. The van der Waals surface area contributed by atoms with Crippen LogP contribution in [-0.4, -0.2) is 64.6 Å². The third-order valence-electron chi connectivity index (χ3n) is 6.39. The Balaban J connectivity index is 1.29. The summed E-state index contributed by atoms with van der Waals surface area (Å²) in [5.41, 5.74) is 3.22. The van der Waals surface area contributed by atoms with Gasteiger partial charge in [-0.3, -0.25) is 9.48 Å². The number of aromatic nitrogens is 7. The number of hydrogen-bond donors (Lipinski definition) is 0. The number of carbonyl (C=O) groups is 1. The van der Waals surface area contributed by atoms with Crippen LogP contribution in [0.4, 0.5) is 0 Å². The Bertz CT molecular complexity index is 1280. The van der Waals surface area contributed by atoms with E-state index in [9.17, 15) is 4.79 Å². The average Bonchev–Trinajstić information content (AvgIpc) is 3.48. The predicted molar refractivity (Wildman–Crippen MR) is 125 cm³/mol. The number of ketones is 1. The zero-order chi connectivity index (χ0) is 22.9. The molecule has 0 spiro atoms. The van der Waals surface area contributed by atoms with Crippen molar-refractivity contribution >= 4 is 16.7 Å². The molecule has 9 heteroatoms. The fourth-order valence-corrected chi connectivity index (χ4v) is 4.38. The van der Waals surface area contributed by atoms with Crippen LogP contribution in [0.15, 0.2) is 43.0 Å². The van der Waals surface area contributed by atoms with E-state index in [1.807, 2.05) is 42.3 Å². The summed E-state index contributed by atoms with van der Waals surface area (Å²) >= 11 is 0. The summed E-state index contributed by atoms with van der Waals surface area (Å²) in [6.07, 6.45) is 9.45. The van der Waals surface area contributed by atoms with Crippen molar-refractivity contribution in [1.82, 2.24) is 39.6 Å². The third-order valence-corrected chi connectivity index (χ3v) is 6.39. The topological polar surface area (TPSA) is 94.6 Å². The number of nitrogens with zero attached hydrogens (tertiary/aromatic N) is 8. The Morgan fingerprint density at radius 2 is 1.94 bits per heavy atom. The zero-order valence-electron chi connectivity index (χ0n) is 19.2. The van der Waals surface area contributed by atoms with Gasteiger partial charge in [-0.25, -0.2) is 14.6 Å². The molecule has 33 heavy (non-hydrogen) atoms. The van der Waals surface area contributed by atoms with Crippen molar-refractivity contribution in [2.24, 2.45) is 7.05 Å². The van der Waals surface area contributed by atoms with Crippen LogP contribution in [-0.2, 0) is 13.5 Å². The number of hydrogen-bond acceptors (Lipinski definition) is 7. The van der Waals surface area contributed by atoms with Gasteiger partial charge in [-0.05, 0) is 38.3 Å². The summed E-state index contributed by atoms with van der Waals surface area (Å²) in [7, 11) is 1.89. The molecule has 9 nitrogen and oxygen atoms in total. The van der Waals surface area contributed by atoms with E-state index in [2.05, 4.69) is 44.1 Å². The maximum Gasteiger partial charge on any atom is 0.192 e. The number of Topliss-reactive ketones (excluding diaryl/α,β-unsaturated/α-hetero) is 1. The fraction of sp³-hybridized carbons (Fsp3) is 0.417. The third kappa shape index (κ3) is 4.54. The standard InChI is InChI=1S/C24H28N8O/c1-16(2)31-8-6-20(7-9-31)32-15-22(28-29-32)23(33)11-24-25-12-18-5-4-17(10-21(18)27-24)19-13-26-30(3)14-19/h4-5,10,12-16,20H,6-9,11H2,1-3H3. The highest BCUT2D eigenvalue weighted by Crippen LogP contribution is 2.24. The first kappa shape index (κ1) is 21.4. The van der Waals surface area contributed by atoms with Gasteiger partial charge in [0.15, 0.2) is 5.78 Å². The van der Waals surface area contributed by atoms with Gasteiger partial charge in [-0.2, -0.15) is 5.10 Å². The average molecular weight is 445 g/mol. The molecule has 1 aromatic carbocycles. The van der Waals surface area contributed by atoms with Crippen molar-refractivity contribution in [2.45, 2.75) is 45.2 Å². The Labute approximate surface area is 192 Å². The van der Waals surface area contributed by atoms with Crippen LogP contribution >= 0.6 is 0 Å². The second kappa shape index (κ2) is 8.82. The SMILES string of the molecule is CC(C)N1CCC(n2cc(C(=O)Cc3ncc4ccc(-c5cnn(C)c5)cc4n3)nn2)CC1. The lowest BCUT2D eigenvalue weighted by atomic mass is 10.0. The Morgan fingerprint density at radius 1 is 1.12 bits per heavy atom. The Kier molecular flexibility index (Phi) is 5.72. The van der Waals surface area contributed by atoms with Crippen LogP contribution < -0.4 is 0 Å². The molecule has 1 aliphatic rings. The molecule has 1 aliphatic heterocycles. The summed E-state index contributed by atoms with van der Waals surface area (Å²) in [4.78, 5) is 24.4. The summed E-state index contributed by atoms with van der Waals surface area (Å²) in [5.74, 6) is 0.360. The van der Waals surface area contributed by atoms with Crippen LogP contribution in [0.2, 0.25) is 0 Å². The predicted octanol–water partition coefficient (Wildman–Crippen LogP) is 3.09. The lowest BCUT2D eigenvalue weighted by Crippen LogP contribution is -2.39. The molecule has 170 valence electrons. The van der Waals surface area contributed by atoms with Gasteiger partial charge in [-0.15, -0.1) is 5.10 Å². The quantitative estimate of drug-likeness (QED) is 0.422. The molecule has 0 N–H and O–H groups in total. The second-order valence-electron chi connectivity index (χ2n) is 9.01. The highest BCUT2D eigenvalue weighted by Gasteiger charge is 2.24. The first-order valence-electron chi connectivity index (χ1n) is 11.4. The monoisotopic (exact) mass is 444 g/mol. The fourth-order valence-electron chi connectivity index (χ4n) is 4.38. The van der Waals surface area contributed by atoms with Crippen molar-refractivity contribution in [3.8, 4) is 11.1 Å². The minimum Gasteiger partial charge on any atom is -0.301 e. The van der Waals surface area contributed by atoms with Crippen LogP contribution in [0.3, 0.4) is 0 Å². The Hall–Kier alpha value is -3.46. The number of benzene rings is 1. The smallest absolute Gasteiger partial charge is 0.192 e. The van der Waals surface area contributed by atoms with Crippen molar-refractivity contribution in [3.63, 3.8) is 0 Å². The molecule has 4 heterocycles. The molecule has 0 saturated carbocycles. The number of rotatable bonds is 6. The van der Waals surface area contributed by atoms with Gasteiger partial charge in [0, 0.05) is 49.5 Å². The van der Waals surface area contributed by atoms with Gasteiger partial charge in [0.2, 0.25) is 0 Å². The maximum atomic E-state index is 12.9. The molecule has 0 radical (unpaired) electrons. The van der Waals surface area contributed by atoms with E-state index in [-0.39, 0.29) is 18.2 Å². The van der Waals surface area contributed by atoms with E-state index in [1.165, 1.54) is 0 Å². The van der Waals surface area contributed by atoms with E-state index < -0.39 is 0 Å². The number of aryl methyl sites for hydroxylation is 1. The van der Waals surface area contributed by atoms with E-state index in [0.717, 1.165) is 48.0 Å². The molecule has 1 saturated heterocycles. The zero-order valence-corrected chi connectivity index (χ0v) is 19.2. The lowest BCUT2D eigenvalue weighted by Gasteiger charge is -2.34. The maximum absolute atomic E-state index is 12.9. The van der Waals surface area contributed by atoms with Gasteiger partial charge in [0.25, 0.3) is 0 Å². The minimum atomic E-state index is -0.122. The molecule has 0 aliphatic carbocycles. The van der Waals surface area contributed by atoms with Crippen LogP contribution in [0.25, 0.3) is 22.0 Å². The van der Waals surface area contributed by atoms with Gasteiger partial charge in [-0.1, -0.05) is 17.3 Å². The molecule has 0 atom stereocenters. The molecule has 0 unspecified atom stereocenters. The molecule has 1 fully saturated rings. The van der Waals surface area contributed by atoms with E-state index in [0.29, 0.717) is 17.6 Å². The molecular weight excluding hydrogens is 416 g/mol. The van der Waals surface area contributed by atoms with Gasteiger partial charge >= 0.3 is 0 Å². The normalized spacial score (nSPS) is 15.5. The summed E-state index contributed by atoms with van der Waals surface area (Å²) in [6, 6.07) is 6.86. The number of carbonyl (C=O) groups excluding carboxylic acids is 1. The highest BCUT2D eigenvalue weighted by molar-refractivity contribution is 5.95. The molecule has 4 aromatic rings. The van der Waals surface area contributed by atoms with E-state index >= 15 is 0 Å². The van der Waals surface area contributed by atoms with Crippen LogP contribution in [0.1, 0.15) is 49.0 Å². The van der Waals surface area contributed by atoms with Crippen molar-refractivity contribution in [3.05, 3.63) is 54.5 Å². The van der Waals surface area contributed by atoms with Crippen molar-refractivity contribution in [2.75, 3.05) is 13.1 Å². The van der Waals surface area contributed by atoms with Gasteiger partial charge in [0.1, 0.15) is 11.5 Å².